The van der Waals surface area contributed by atoms with Crippen LogP contribution in [0.5, 0.6) is 0 Å². The molecule has 2 rings (SSSR count). The number of aliphatic hydroxyl groups excluding tert-OH is 1. The Morgan fingerprint density at radius 2 is 1.84 bits per heavy atom. The van der Waals surface area contributed by atoms with E-state index in [-0.39, 0.29) is 6.10 Å². The smallest absolute Gasteiger partial charge is 0.0758 e. The fourth-order valence-electron chi connectivity index (χ4n) is 2.60. The summed E-state index contributed by atoms with van der Waals surface area (Å²) in [6.45, 7) is 0. The highest BCUT2D eigenvalue weighted by atomic mass is 16.3. The molecule has 0 spiro atoms. The average molecular weight is 256 g/mol. The quantitative estimate of drug-likeness (QED) is 0.764. The Bertz CT molecular complexity index is 399. The average Bonchev–Trinajstić information content (AvgIpc) is 2.47. The molecule has 0 aliphatic heterocycles. The van der Waals surface area contributed by atoms with E-state index >= 15 is 0 Å². The summed E-state index contributed by atoms with van der Waals surface area (Å²) in [6, 6.07) is 10.1. The Hall–Kier alpha value is -1.34. The highest BCUT2D eigenvalue weighted by Crippen LogP contribution is 2.24. The molecule has 1 heteroatoms. The van der Waals surface area contributed by atoms with Gasteiger partial charge >= 0.3 is 0 Å². The first-order chi connectivity index (χ1) is 9.34. The van der Waals surface area contributed by atoms with Crippen LogP contribution >= 0.6 is 0 Å². The summed E-state index contributed by atoms with van der Waals surface area (Å²) in [5, 5.41) is 9.90. The van der Waals surface area contributed by atoms with Gasteiger partial charge in [-0.25, -0.2) is 0 Å². The molecular formula is C18H24O. The van der Waals surface area contributed by atoms with Gasteiger partial charge in [-0.15, -0.1) is 0 Å². The molecule has 1 aromatic rings. The summed E-state index contributed by atoms with van der Waals surface area (Å²) < 4.78 is 0. The van der Waals surface area contributed by atoms with E-state index in [1.807, 2.05) is 42.5 Å². The van der Waals surface area contributed by atoms with Crippen LogP contribution in [0.2, 0.25) is 0 Å². The summed E-state index contributed by atoms with van der Waals surface area (Å²) in [4.78, 5) is 0. The Labute approximate surface area is 116 Å². The van der Waals surface area contributed by atoms with Crippen LogP contribution < -0.4 is 0 Å². The van der Waals surface area contributed by atoms with E-state index in [0.29, 0.717) is 0 Å². The minimum absolute atomic E-state index is 0.375. The van der Waals surface area contributed by atoms with E-state index in [4.69, 9.17) is 0 Å². The van der Waals surface area contributed by atoms with Gasteiger partial charge in [-0.1, -0.05) is 73.9 Å². The number of benzene rings is 1. The van der Waals surface area contributed by atoms with Gasteiger partial charge < -0.3 is 5.11 Å². The molecule has 1 fully saturated rings. The summed E-state index contributed by atoms with van der Waals surface area (Å²) >= 11 is 0. The van der Waals surface area contributed by atoms with Gasteiger partial charge in [-0.2, -0.15) is 0 Å². The standard InChI is InChI=1S/C18H24O/c19-18(15-14-17-10-5-2-6-11-17)13-7-12-16-8-3-1-4-9-16/h2,5-7,10-12,14-16,18-19H,1,3-4,8-9,13H2/b12-7+,15-14+. The number of allylic oxidation sites excluding steroid dienone is 1. The third kappa shape index (κ3) is 5.44. The Kier molecular flexibility index (Phi) is 5.90. The third-order valence-corrected chi connectivity index (χ3v) is 3.75. The van der Waals surface area contributed by atoms with Gasteiger partial charge in [0.2, 0.25) is 0 Å². The summed E-state index contributed by atoms with van der Waals surface area (Å²) in [7, 11) is 0. The monoisotopic (exact) mass is 256 g/mol. The van der Waals surface area contributed by atoms with Crippen molar-refractivity contribution in [3.8, 4) is 0 Å². The first kappa shape index (κ1) is 14.1. The normalized spacial score (nSPS) is 19.2. The number of aliphatic hydroxyl groups is 1. The summed E-state index contributed by atoms with van der Waals surface area (Å²) in [6.07, 6.45) is 15.4. The topological polar surface area (TPSA) is 20.2 Å². The molecule has 0 bridgehead atoms. The first-order valence-electron chi connectivity index (χ1n) is 7.42. The van der Waals surface area contributed by atoms with Crippen LogP contribution in [0.15, 0.2) is 48.6 Å². The van der Waals surface area contributed by atoms with E-state index in [1.165, 1.54) is 32.1 Å². The van der Waals surface area contributed by atoms with E-state index in [9.17, 15) is 5.11 Å². The van der Waals surface area contributed by atoms with E-state index in [2.05, 4.69) is 12.2 Å². The SMILES string of the molecule is OC(/C=C/c1ccccc1)C/C=C/C1CCCCC1. The Balaban J connectivity index is 1.73. The molecule has 1 atom stereocenters. The van der Waals surface area contributed by atoms with Crippen LogP contribution in [0, 0.1) is 5.92 Å². The van der Waals surface area contributed by atoms with Crippen molar-refractivity contribution in [1.82, 2.24) is 0 Å². The minimum atomic E-state index is -0.375. The molecule has 1 saturated carbocycles. The van der Waals surface area contributed by atoms with Gasteiger partial charge in [-0.05, 0) is 30.7 Å². The van der Waals surface area contributed by atoms with E-state index in [0.717, 1.165) is 17.9 Å². The lowest BCUT2D eigenvalue weighted by Gasteiger charge is -2.17. The molecule has 0 heterocycles. The lowest BCUT2D eigenvalue weighted by Crippen LogP contribution is -2.04. The molecule has 1 nitrogen and oxygen atoms in total. The van der Waals surface area contributed by atoms with Crippen LogP contribution in [0.4, 0.5) is 0 Å². The fourth-order valence-corrected chi connectivity index (χ4v) is 2.60. The van der Waals surface area contributed by atoms with Gasteiger partial charge in [0.15, 0.2) is 0 Å². The zero-order valence-corrected chi connectivity index (χ0v) is 11.5. The second-order valence-electron chi connectivity index (χ2n) is 5.40. The first-order valence-corrected chi connectivity index (χ1v) is 7.42. The van der Waals surface area contributed by atoms with Crippen LogP contribution in [0.25, 0.3) is 6.08 Å². The van der Waals surface area contributed by atoms with Crippen molar-refractivity contribution >= 4 is 6.08 Å². The highest BCUT2D eigenvalue weighted by molar-refractivity contribution is 5.49. The molecule has 1 aliphatic rings. The third-order valence-electron chi connectivity index (χ3n) is 3.75. The number of hydrogen-bond acceptors (Lipinski definition) is 1. The predicted molar refractivity (Wildman–Crippen MR) is 81.8 cm³/mol. The van der Waals surface area contributed by atoms with Gasteiger partial charge in [0, 0.05) is 0 Å². The maximum atomic E-state index is 9.90. The molecule has 1 aromatic carbocycles. The van der Waals surface area contributed by atoms with Crippen molar-refractivity contribution in [1.29, 1.82) is 0 Å². The zero-order chi connectivity index (χ0) is 13.3. The summed E-state index contributed by atoms with van der Waals surface area (Å²) in [5.41, 5.74) is 1.14. The zero-order valence-electron chi connectivity index (χ0n) is 11.5. The maximum absolute atomic E-state index is 9.90. The van der Waals surface area contributed by atoms with Crippen LogP contribution in [0.1, 0.15) is 44.1 Å². The molecular weight excluding hydrogens is 232 g/mol. The fraction of sp³-hybridized carbons (Fsp3) is 0.444. The number of rotatable bonds is 5. The lowest BCUT2D eigenvalue weighted by molar-refractivity contribution is 0.227. The van der Waals surface area contributed by atoms with Crippen LogP contribution in [0.3, 0.4) is 0 Å². The largest absolute Gasteiger partial charge is 0.389 e. The Morgan fingerprint density at radius 1 is 1.11 bits per heavy atom. The van der Waals surface area contributed by atoms with Crippen molar-refractivity contribution in [3.05, 3.63) is 54.1 Å². The van der Waals surface area contributed by atoms with Crippen molar-refractivity contribution in [2.24, 2.45) is 5.92 Å². The lowest BCUT2D eigenvalue weighted by atomic mass is 9.89. The van der Waals surface area contributed by atoms with Crippen LogP contribution in [-0.4, -0.2) is 11.2 Å². The second kappa shape index (κ2) is 7.96. The van der Waals surface area contributed by atoms with Crippen LogP contribution in [-0.2, 0) is 0 Å². The second-order valence-corrected chi connectivity index (χ2v) is 5.40. The molecule has 19 heavy (non-hydrogen) atoms. The van der Waals surface area contributed by atoms with Gasteiger partial charge in [0.1, 0.15) is 0 Å². The molecule has 1 unspecified atom stereocenters. The summed E-state index contributed by atoms with van der Waals surface area (Å²) in [5.74, 6) is 0.749. The minimum Gasteiger partial charge on any atom is -0.389 e. The molecule has 1 N–H and O–H groups in total. The van der Waals surface area contributed by atoms with Crippen molar-refractivity contribution < 1.29 is 5.11 Å². The predicted octanol–water partition coefficient (Wildman–Crippen LogP) is 4.59. The van der Waals surface area contributed by atoms with Crippen molar-refractivity contribution in [2.75, 3.05) is 0 Å². The highest BCUT2D eigenvalue weighted by Gasteiger charge is 2.09. The van der Waals surface area contributed by atoms with Crippen molar-refractivity contribution in [2.45, 2.75) is 44.6 Å². The van der Waals surface area contributed by atoms with E-state index < -0.39 is 0 Å². The molecule has 0 saturated heterocycles. The number of hydrogen-bond donors (Lipinski definition) is 1. The molecule has 0 radical (unpaired) electrons. The molecule has 1 aliphatic carbocycles. The van der Waals surface area contributed by atoms with E-state index in [1.54, 1.807) is 0 Å². The van der Waals surface area contributed by atoms with Gasteiger partial charge in [0.25, 0.3) is 0 Å². The Morgan fingerprint density at radius 3 is 2.58 bits per heavy atom. The molecule has 0 aromatic heterocycles. The molecule has 0 amide bonds. The maximum Gasteiger partial charge on any atom is 0.0758 e. The van der Waals surface area contributed by atoms with Gasteiger partial charge in [0.05, 0.1) is 6.10 Å². The molecule has 102 valence electrons. The van der Waals surface area contributed by atoms with Crippen molar-refractivity contribution in [3.63, 3.8) is 0 Å². The van der Waals surface area contributed by atoms with Gasteiger partial charge in [-0.3, -0.25) is 0 Å².